The number of carbonyl (C=O) groups excluding carboxylic acids is 1. The Morgan fingerprint density at radius 3 is 2.95 bits per heavy atom. The molecule has 0 aliphatic heterocycles. The van der Waals surface area contributed by atoms with Crippen LogP contribution in [0.25, 0.3) is 0 Å². The van der Waals surface area contributed by atoms with Gasteiger partial charge >= 0.3 is 0 Å². The van der Waals surface area contributed by atoms with E-state index >= 15 is 0 Å². The first-order valence-electron chi connectivity index (χ1n) is 5.73. The summed E-state index contributed by atoms with van der Waals surface area (Å²) in [6.45, 7) is 1.07. The maximum atomic E-state index is 12.0. The molecule has 7 heteroatoms. The van der Waals surface area contributed by atoms with Crippen LogP contribution in [-0.2, 0) is 20.3 Å². The molecule has 1 atom stereocenters. The lowest BCUT2D eigenvalue weighted by Crippen LogP contribution is -2.29. The second-order valence-electron chi connectivity index (χ2n) is 3.87. The van der Waals surface area contributed by atoms with Gasteiger partial charge in [-0.25, -0.2) is 0 Å². The van der Waals surface area contributed by atoms with Crippen LogP contribution in [0, 0.1) is 0 Å². The molecular weight excluding hydrogens is 288 g/mol. The number of amides is 1. The number of nitrogen functional groups attached to an aromatic ring is 1. The van der Waals surface area contributed by atoms with Crippen LogP contribution in [0.3, 0.4) is 0 Å². The zero-order valence-corrected chi connectivity index (χ0v) is 12.2. The number of nitrogens with one attached hydrogen (secondary N) is 1. The minimum Gasteiger partial charge on any atom is -0.398 e. The van der Waals surface area contributed by atoms with E-state index in [0.29, 0.717) is 35.2 Å². The van der Waals surface area contributed by atoms with Crippen LogP contribution in [0.4, 0.5) is 5.69 Å². The van der Waals surface area contributed by atoms with E-state index in [2.05, 4.69) is 5.32 Å². The second-order valence-corrected chi connectivity index (χ2v) is 5.72. The molecule has 0 spiro atoms. The highest BCUT2D eigenvalue weighted by Crippen LogP contribution is 2.21. The summed E-state index contributed by atoms with van der Waals surface area (Å²) in [6.07, 6.45) is 0.716. The van der Waals surface area contributed by atoms with Crippen LogP contribution < -0.4 is 11.1 Å². The molecule has 5 nitrogen and oxygen atoms in total. The van der Waals surface area contributed by atoms with E-state index in [-0.39, 0.29) is 11.7 Å². The van der Waals surface area contributed by atoms with Crippen LogP contribution in [-0.4, -0.2) is 36.1 Å². The predicted octanol–water partition coefficient (Wildman–Crippen LogP) is 1.18. The number of hydrogen-bond acceptors (Lipinski definition) is 4. The third kappa shape index (κ3) is 5.59. The summed E-state index contributed by atoms with van der Waals surface area (Å²) in [5.74, 6) is -0.411. The van der Waals surface area contributed by atoms with Gasteiger partial charge in [0.2, 0.25) is 5.91 Å². The molecule has 0 aliphatic carbocycles. The predicted molar refractivity (Wildman–Crippen MR) is 76.6 cm³/mol. The smallest absolute Gasteiger partial charge is 0.233 e. The van der Waals surface area contributed by atoms with Crippen molar-refractivity contribution in [1.29, 1.82) is 0 Å². The molecule has 19 heavy (non-hydrogen) atoms. The second kappa shape index (κ2) is 8.14. The van der Waals surface area contributed by atoms with Gasteiger partial charge in [0.15, 0.2) is 0 Å². The first-order valence-corrected chi connectivity index (χ1v) is 7.43. The average Bonchev–Trinajstić information content (AvgIpc) is 2.37. The zero-order valence-electron chi connectivity index (χ0n) is 10.6. The fraction of sp³-hybridized carbons (Fsp3) is 0.417. The maximum absolute atomic E-state index is 12.0. The van der Waals surface area contributed by atoms with Crippen molar-refractivity contribution in [3.05, 3.63) is 23.2 Å². The lowest BCUT2D eigenvalue weighted by Gasteiger charge is -2.07. The summed E-state index contributed by atoms with van der Waals surface area (Å²) >= 11 is 5.81. The molecule has 1 unspecified atom stereocenters. The molecular formula is C12H17ClN2O3S. The quantitative estimate of drug-likeness (QED) is 0.585. The summed E-state index contributed by atoms with van der Waals surface area (Å²) in [5, 5.41) is 3.11. The highest BCUT2D eigenvalue weighted by Gasteiger charge is 2.13. The van der Waals surface area contributed by atoms with Crippen molar-refractivity contribution in [3.63, 3.8) is 0 Å². The number of rotatable bonds is 7. The molecule has 3 N–H and O–H groups in total. The number of nitrogens with two attached hydrogens (primary N) is 1. The van der Waals surface area contributed by atoms with Gasteiger partial charge in [0, 0.05) is 31.0 Å². The van der Waals surface area contributed by atoms with Crippen LogP contribution in [0.2, 0.25) is 5.02 Å². The number of ether oxygens (including phenoxy) is 1. The molecule has 1 aromatic rings. The van der Waals surface area contributed by atoms with Gasteiger partial charge in [0.05, 0.1) is 15.7 Å². The Balaban J connectivity index is 2.50. The number of halogens is 1. The Morgan fingerprint density at radius 1 is 1.53 bits per heavy atom. The number of carbonyl (C=O) groups is 1. The maximum Gasteiger partial charge on any atom is 0.233 e. The summed E-state index contributed by atoms with van der Waals surface area (Å²) in [4.78, 5) is 12.0. The van der Waals surface area contributed by atoms with Crippen molar-refractivity contribution in [3.8, 4) is 0 Å². The van der Waals surface area contributed by atoms with Gasteiger partial charge in [0.1, 0.15) is 5.75 Å². The fourth-order valence-electron chi connectivity index (χ4n) is 1.40. The molecule has 0 bridgehead atoms. The van der Waals surface area contributed by atoms with E-state index in [1.165, 1.54) is 6.07 Å². The molecule has 0 fully saturated rings. The van der Waals surface area contributed by atoms with Crippen LogP contribution in [0.15, 0.2) is 23.1 Å². The Labute approximate surface area is 119 Å². The van der Waals surface area contributed by atoms with Gasteiger partial charge in [-0.1, -0.05) is 11.6 Å². The first-order chi connectivity index (χ1) is 9.04. The van der Waals surface area contributed by atoms with Crippen LogP contribution in [0.1, 0.15) is 6.42 Å². The molecule has 1 aromatic carbocycles. The van der Waals surface area contributed by atoms with Gasteiger partial charge in [-0.15, -0.1) is 0 Å². The Kier molecular flexibility index (Phi) is 6.83. The van der Waals surface area contributed by atoms with Crippen molar-refractivity contribution >= 4 is 34.0 Å². The van der Waals surface area contributed by atoms with E-state index < -0.39 is 10.8 Å². The highest BCUT2D eigenvalue weighted by atomic mass is 35.5. The lowest BCUT2D eigenvalue weighted by atomic mass is 10.3. The van der Waals surface area contributed by atoms with Crippen LogP contribution >= 0.6 is 11.6 Å². The van der Waals surface area contributed by atoms with Gasteiger partial charge in [-0.05, 0) is 24.6 Å². The minimum absolute atomic E-state index is 0.127. The minimum atomic E-state index is -1.50. The van der Waals surface area contributed by atoms with Gasteiger partial charge < -0.3 is 15.8 Å². The summed E-state index contributed by atoms with van der Waals surface area (Å²) in [6, 6.07) is 4.71. The van der Waals surface area contributed by atoms with Crippen molar-refractivity contribution < 1.29 is 13.7 Å². The Morgan fingerprint density at radius 2 is 2.26 bits per heavy atom. The van der Waals surface area contributed by atoms with E-state index in [1.807, 2.05) is 0 Å². The number of benzene rings is 1. The third-order valence-electron chi connectivity index (χ3n) is 2.33. The molecule has 1 amide bonds. The topological polar surface area (TPSA) is 81.4 Å². The van der Waals surface area contributed by atoms with Gasteiger partial charge in [-0.3, -0.25) is 9.00 Å². The van der Waals surface area contributed by atoms with Crippen molar-refractivity contribution in [2.45, 2.75) is 11.3 Å². The standard InChI is InChI=1S/C12H17ClN2O3S/c1-18-6-2-5-15-12(16)8-19(17)11-7-9(13)3-4-10(11)14/h3-4,7H,2,5-6,8,14H2,1H3,(H,15,16). The van der Waals surface area contributed by atoms with E-state index in [1.54, 1.807) is 19.2 Å². The van der Waals surface area contributed by atoms with Crippen molar-refractivity contribution in [2.75, 3.05) is 31.7 Å². The highest BCUT2D eigenvalue weighted by molar-refractivity contribution is 7.86. The first kappa shape index (κ1) is 15.9. The third-order valence-corrected chi connectivity index (χ3v) is 3.93. The largest absolute Gasteiger partial charge is 0.398 e. The van der Waals surface area contributed by atoms with Gasteiger partial charge in [-0.2, -0.15) is 0 Å². The van der Waals surface area contributed by atoms with Crippen LogP contribution in [0.5, 0.6) is 0 Å². The number of anilines is 1. The van der Waals surface area contributed by atoms with E-state index in [4.69, 9.17) is 22.1 Å². The summed E-state index contributed by atoms with van der Waals surface area (Å²) < 4.78 is 16.9. The average molecular weight is 305 g/mol. The lowest BCUT2D eigenvalue weighted by molar-refractivity contribution is -0.118. The SMILES string of the molecule is COCCCNC(=O)CS(=O)c1cc(Cl)ccc1N. The molecule has 106 valence electrons. The fourth-order valence-corrected chi connectivity index (χ4v) is 2.72. The molecule has 0 aliphatic rings. The van der Waals surface area contributed by atoms with Crippen molar-refractivity contribution in [1.82, 2.24) is 5.32 Å². The van der Waals surface area contributed by atoms with Crippen molar-refractivity contribution in [2.24, 2.45) is 0 Å². The van der Waals surface area contributed by atoms with E-state index in [9.17, 15) is 9.00 Å². The Hall–Kier alpha value is -1.11. The molecule has 0 aromatic heterocycles. The number of methoxy groups -OCH3 is 1. The molecule has 0 saturated heterocycles. The molecule has 1 rings (SSSR count). The Bertz CT molecular complexity index is 468. The molecule has 0 saturated carbocycles. The van der Waals surface area contributed by atoms with Gasteiger partial charge in [0.25, 0.3) is 0 Å². The zero-order chi connectivity index (χ0) is 14.3. The summed E-state index contributed by atoms with van der Waals surface area (Å²) in [7, 11) is 0.101. The van der Waals surface area contributed by atoms with E-state index in [0.717, 1.165) is 0 Å². The molecule has 0 radical (unpaired) electrons. The summed E-state index contributed by atoms with van der Waals surface area (Å²) in [5.41, 5.74) is 6.08. The molecule has 0 heterocycles. The monoisotopic (exact) mass is 304 g/mol. The normalized spacial score (nSPS) is 12.1. The number of hydrogen-bond donors (Lipinski definition) is 2.